The number of nitriles is 1. The van der Waals surface area contributed by atoms with Crippen molar-refractivity contribution in [3.05, 3.63) is 34.9 Å². The summed E-state index contributed by atoms with van der Waals surface area (Å²) >= 11 is 0. The Morgan fingerprint density at radius 2 is 1.74 bits per heavy atom. The van der Waals surface area contributed by atoms with E-state index in [1.807, 2.05) is 18.2 Å². The zero-order valence-corrected chi connectivity index (χ0v) is 11.9. The summed E-state index contributed by atoms with van der Waals surface area (Å²) in [5, 5.41) is 20.3. The van der Waals surface area contributed by atoms with Crippen molar-refractivity contribution in [2.45, 2.75) is 58.5 Å². The highest BCUT2D eigenvalue weighted by atomic mass is 16.3. The SMILES string of the molecule is Cc1ccc(C(O)C2(C#N)CCCCCC2)cc1C. The second kappa shape index (κ2) is 5.75. The summed E-state index contributed by atoms with van der Waals surface area (Å²) in [4.78, 5) is 0. The second-order valence-electron chi connectivity index (χ2n) is 5.93. The van der Waals surface area contributed by atoms with Gasteiger partial charge in [0.1, 0.15) is 0 Å². The molecule has 19 heavy (non-hydrogen) atoms. The van der Waals surface area contributed by atoms with Crippen molar-refractivity contribution in [3.63, 3.8) is 0 Å². The molecule has 0 saturated heterocycles. The number of hydrogen-bond acceptors (Lipinski definition) is 2. The van der Waals surface area contributed by atoms with E-state index in [-0.39, 0.29) is 0 Å². The van der Waals surface area contributed by atoms with Crippen LogP contribution in [0, 0.1) is 30.6 Å². The molecule has 0 aliphatic heterocycles. The molecular formula is C17H23NO. The summed E-state index contributed by atoms with van der Waals surface area (Å²) in [5.74, 6) is 0. The fourth-order valence-corrected chi connectivity index (χ4v) is 3.06. The smallest absolute Gasteiger partial charge is 0.0976 e. The monoisotopic (exact) mass is 257 g/mol. The minimum Gasteiger partial charge on any atom is -0.387 e. The van der Waals surface area contributed by atoms with Crippen molar-refractivity contribution in [2.75, 3.05) is 0 Å². The van der Waals surface area contributed by atoms with Crippen molar-refractivity contribution in [1.82, 2.24) is 0 Å². The molecule has 1 aromatic rings. The molecule has 0 radical (unpaired) electrons. The van der Waals surface area contributed by atoms with Gasteiger partial charge >= 0.3 is 0 Å². The Morgan fingerprint density at radius 1 is 1.11 bits per heavy atom. The van der Waals surface area contributed by atoms with Gasteiger partial charge in [-0.25, -0.2) is 0 Å². The van der Waals surface area contributed by atoms with E-state index in [1.54, 1.807) is 0 Å². The van der Waals surface area contributed by atoms with Crippen LogP contribution in [-0.2, 0) is 0 Å². The van der Waals surface area contributed by atoms with E-state index in [9.17, 15) is 10.4 Å². The van der Waals surface area contributed by atoms with E-state index in [4.69, 9.17) is 0 Å². The number of rotatable bonds is 2. The predicted octanol–water partition coefficient (Wildman–Crippen LogP) is 4.20. The molecule has 1 fully saturated rings. The van der Waals surface area contributed by atoms with Gasteiger partial charge in [0.05, 0.1) is 17.6 Å². The zero-order chi connectivity index (χ0) is 13.9. The maximum atomic E-state index is 10.7. The van der Waals surface area contributed by atoms with Crippen LogP contribution in [-0.4, -0.2) is 5.11 Å². The Kier molecular flexibility index (Phi) is 4.27. The van der Waals surface area contributed by atoms with Gasteiger partial charge < -0.3 is 5.11 Å². The third kappa shape index (κ3) is 2.82. The first-order valence-corrected chi connectivity index (χ1v) is 7.25. The highest BCUT2D eigenvalue weighted by molar-refractivity contribution is 5.33. The van der Waals surface area contributed by atoms with Crippen molar-refractivity contribution in [1.29, 1.82) is 5.26 Å². The summed E-state index contributed by atoms with van der Waals surface area (Å²) < 4.78 is 0. The van der Waals surface area contributed by atoms with Crippen LogP contribution in [0.2, 0.25) is 0 Å². The van der Waals surface area contributed by atoms with Crippen LogP contribution < -0.4 is 0 Å². The summed E-state index contributed by atoms with van der Waals surface area (Å²) in [6.45, 7) is 4.12. The maximum absolute atomic E-state index is 10.7. The number of aryl methyl sites for hydroxylation is 2. The molecule has 0 bridgehead atoms. The molecule has 2 rings (SSSR count). The third-order valence-electron chi connectivity index (χ3n) is 4.59. The largest absolute Gasteiger partial charge is 0.387 e. The molecule has 0 spiro atoms. The molecule has 0 aromatic heterocycles. The van der Waals surface area contributed by atoms with E-state index >= 15 is 0 Å². The fraction of sp³-hybridized carbons (Fsp3) is 0.588. The van der Waals surface area contributed by atoms with E-state index in [2.05, 4.69) is 19.9 Å². The standard InChI is InChI=1S/C17H23NO/c1-13-7-8-15(11-14(13)2)16(19)17(12-18)9-5-3-4-6-10-17/h7-8,11,16,19H,3-6,9-10H2,1-2H3. The van der Waals surface area contributed by atoms with Crippen LogP contribution in [0.5, 0.6) is 0 Å². The molecule has 1 unspecified atom stereocenters. The first-order chi connectivity index (χ1) is 9.09. The maximum Gasteiger partial charge on any atom is 0.0976 e. The van der Waals surface area contributed by atoms with Gasteiger partial charge in [0.25, 0.3) is 0 Å². The van der Waals surface area contributed by atoms with Crippen molar-refractivity contribution < 1.29 is 5.11 Å². The minimum absolute atomic E-state index is 0.585. The van der Waals surface area contributed by atoms with Gasteiger partial charge in [0.2, 0.25) is 0 Å². The quantitative estimate of drug-likeness (QED) is 0.807. The van der Waals surface area contributed by atoms with E-state index in [0.717, 1.165) is 31.2 Å². The first-order valence-electron chi connectivity index (χ1n) is 7.25. The lowest BCUT2D eigenvalue weighted by molar-refractivity contribution is 0.0516. The van der Waals surface area contributed by atoms with Crippen LogP contribution in [0.4, 0.5) is 0 Å². The predicted molar refractivity (Wildman–Crippen MR) is 76.6 cm³/mol. The number of benzene rings is 1. The average molecular weight is 257 g/mol. The van der Waals surface area contributed by atoms with Gasteiger partial charge in [-0.15, -0.1) is 0 Å². The second-order valence-corrected chi connectivity index (χ2v) is 5.93. The lowest BCUT2D eigenvalue weighted by Crippen LogP contribution is -2.27. The minimum atomic E-state index is -0.658. The number of nitrogens with zero attached hydrogens (tertiary/aromatic N) is 1. The summed E-state index contributed by atoms with van der Waals surface area (Å²) in [7, 11) is 0. The molecule has 2 nitrogen and oxygen atoms in total. The van der Waals surface area contributed by atoms with Gasteiger partial charge in [0.15, 0.2) is 0 Å². The van der Waals surface area contributed by atoms with E-state index < -0.39 is 11.5 Å². The summed E-state index contributed by atoms with van der Waals surface area (Å²) in [6, 6.07) is 8.48. The van der Waals surface area contributed by atoms with Crippen LogP contribution in [0.25, 0.3) is 0 Å². The molecule has 1 saturated carbocycles. The Morgan fingerprint density at radius 3 is 2.26 bits per heavy atom. The van der Waals surface area contributed by atoms with Gasteiger partial charge in [-0.3, -0.25) is 0 Å². The first kappa shape index (κ1) is 14.1. The normalized spacial score (nSPS) is 20.3. The van der Waals surface area contributed by atoms with Gasteiger partial charge in [-0.05, 0) is 43.4 Å². The molecule has 0 amide bonds. The molecule has 1 aliphatic carbocycles. The Balaban J connectivity index is 2.31. The van der Waals surface area contributed by atoms with Gasteiger partial charge in [-0.1, -0.05) is 43.9 Å². The number of aliphatic hydroxyl groups excluding tert-OH is 1. The highest BCUT2D eigenvalue weighted by Gasteiger charge is 2.39. The molecule has 0 heterocycles. The van der Waals surface area contributed by atoms with Crippen LogP contribution >= 0.6 is 0 Å². The van der Waals surface area contributed by atoms with Crippen LogP contribution in [0.3, 0.4) is 0 Å². The highest BCUT2D eigenvalue weighted by Crippen LogP contribution is 2.44. The van der Waals surface area contributed by atoms with Crippen LogP contribution in [0.1, 0.15) is 61.3 Å². The Bertz CT molecular complexity index is 479. The molecule has 1 N–H and O–H groups in total. The molecule has 102 valence electrons. The lowest BCUT2D eigenvalue weighted by atomic mass is 9.74. The van der Waals surface area contributed by atoms with Crippen LogP contribution in [0.15, 0.2) is 18.2 Å². The average Bonchev–Trinajstić information content (AvgIpc) is 2.67. The fourth-order valence-electron chi connectivity index (χ4n) is 3.06. The number of hydrogen-bond donors (Lipinski definition) is 1. The number of aliphatic hydroxyl groups is 1. The Hall–Kier alpha value is -1.33. The Labute approximate surface area is 116 Å². The zero-order valence-electron chi connectivity index (χ0n) is 11.9. The summed E-state index contributed by atoms with van der Waals surface area (Å²) in [5.41, 5.74) is 2.71. The third-order valence-corrected chi connectivity index (χ3v) is 4.59. The molecule has 1 aromatic carbocycles. The van der Waals surface area contributed by atoms with E-state index in [0.29, 0.717) is 0 Å². The molecule has 1 atom stereocenters. The molecular weight excluding hydrogens is 234 g/mol. The van der Waals surface area contributed by atoms with Crippen molar-refractivity contribution in [3.8, 4) is 6.07 Å². The molecule has 2 heteroatoms. The topological polar surface area (TPSA) is 44.0 Å². The van der Waals surface area contributed by atoms with Gasteiger partial charge in [0, 0.05) is 0 Å². The summed E-state index contributed by atoms with van der Waals surface area (Å²) in [6.07, 6.45) is 5.45. The van der Waals surface area contributed by atoms with Crippen molar-refractivity contribution >= 4 is 0 Å². The lowest BCUT2D eigenvalue weighted by Gasteiger charge is -2.31. The van der Waals surface area contributed by atoms with E-state index in [1.165, 1.54) is 24.0 Å². The van der Waals surface area contributed by atoms with Crippen molar-refractivity contribution in [2.24, 2.45) is 5.41 Å². The molecule has 1 aliphatic rings. The van der Waals surface area contributed by atoms with Gasteiger partial charge in [-0.2, -0.15) is 5.26 Å².